The second kappa shape index (κ2) is 6.14. The molecule has 0 unspecified atom stereocenters. The fourth-order valence-electron chi connectivity index (χ4n) is 6.15. The second-order valence-electron chi connectivity index (χ2n) is 8.61. The molecule has 4 aromatic heterocycles. The molecule has 0 amide bonds. The van der Waals surface area contributed by atoms with E-state index in [9.17, 15) is 0 Å². The van der Waals surface area contributed by atoms with E-state index in [1.165, 1.54) is 65.6 Å². The minimum Gasteiger partial charge on any atom is -0.308 e. The van der Waals surface area contributed by atoms with E-state index >= 15 is 0 Å². The Hall–Kier alpha value is -4.30. The molecule has 2 heteroatoms. The molecule has 7 rings (SSSR count). The van der Waals surface area contributed by atoms with Gasteiger partial charge in [-0.2, -0.15) is 0 Å². The molecule has 0 radical (unpaired) electrons. The average molecular weight is 423 g/mol. The number of hydrogen-bond acceptors (Lipinski definition) is 0. The van der Waals surface area contributed by atoms with Gasteiger partial charge in [-0.1, -0.05) is 74.4 Å². The van der Waals surface area contributed by atoms with Crippen molar-refractivity contribution in [2.75, 3.05) is 0 Å². The van der Waals surface area contributed by atoms with E-state index in [1.54, 1.807) is 0 Å². The van der Waals surface area contributed by atoms with Crippen molar-refractivity contribution in [3.05, 3.63) is 96.9 Å². The van der Waals surface area contributed by atoms with Crippen molar-refractivity contribution in [3.8, 4) is 0 Å². The molecule has 33 heavy (non-hydrogen) atoms. The number of fused-ring (bicyclic) bond motifs is 8. The quantitative estimate of drug-likeness (QED) is 0.268. The summed E-state index contributed by atoms with van der Waals surface area (Å²) < 4.78 is 4.80. The Morgan fingerprint density at radius 1 is 0.606 bits per heavy atom. The van der Waals surface area contributed by atoms with Gasteiger partial charge in [0.2, 0.25) is 0 Å². The highest BCUT2D eigenvalue weighted by Crippen LogP contribution is 2.51. The summed E-state index contributed by atoms with van der Waals surface area (Å²) in [7, 11) is 0. The van der Waals surface area contributed by atoms with E-state index in [2.05, 4.69) is 96.1 Å². The van der Waals surface area contributed by atoms with Crippen molar-refractivity contribution in [2.24, 2.45) is 0 Å². The molecule has 0 bridgehead atoms. The number of benzene rings is 3. The Labute approximate surface area is 191 Å². The largest absolute Gasteiger partial charge is 0.308 e. The summed E-state index contributed by atoms with van der Waals surface area (Å²) in [6.45, 7) is 14.7. The van der Waals surface area contributed by atoms with Crippen molar-refractivity contribution in [1.29, 1.82) is 0 Å². The third-order valence-corrected chi connectivity index (χ3v) is 7.22. The minimum absolute atomic E-state index is 1.10. The number of nitrogens with zero attached hydrogens (tertiary/aromatic N) is 2. The van der Waals surface area contributed by atoms with Gasteiger partial charge in [0.1, 0.15) is 0 Å². The topological polar surface area (TPSA) is 8.82 Å². The zero-order valence-corrected chi connectivity index (χ0v) is 18.5. The molecular formula is C31H22N2. The van der Waals surface area contributed by atoms with Crippen LogP contribution in [-0.4, -0.2) is 8.80 Å². The van der Waals surface area contributed by atoms with Crippen LogP contribution in [0.5, 0.6) is 0 Å². The maximum absolute atomic E-state index is 4.24. The first-order valence-electron chi connectivity index (χ1n) is 11.3. The van der Waals surface area contributed by atoms with Crippen LogP contribution in [0.1, 0.15) is 29.4 Å². The first kappa shape index (κ1) is 18.3. The highest BCUT2D eigenvalue weighted by atomic mass is 15.0. The molecule has 0 atom stereocenters. The third-order valence-electron chi connectivity index (χ3n) is 7.22. The molecule has 156 valence electrons. The fraction of sp³-hybridized carbons (Fsp3) is 0.0323. The first-order chi connectivity index (χ1) is 16.3. The van der Waals surface area contributed by atoms with Crippen molar-refractivity contribution < 1.29 is 0 Å². The van der Waals surface area contributed by atoms with Gasteiger partial charge in [0, 0.05) is 43.4 Å². The highest BCUT2D eigenvalue weighted by molar-refractivity contribution is 6.39. The van der Waals surface area contributed by atoms with Crippen LogP contribution in [-0.2, 0) is 0 Å². The molecule has 0 saturated heterocycles. The van der Waals surface area contributed by atoms with Crippen LogP contribution in [0, 0.1) is 0 Å². The number of aromatic nitrogens is 2. The lowest BCUT2D eigenvalue weighted by Gasteiger charge is -2.04. The van der Waals surface area contributed by atoms with E-state index < -0.39 is 0 Å². The highest BCUT2D eigenvalue weighted by Gasteiger charge is 2.29. The molecule has 0 spiro atoms. The maximum atomic E-state index is 4.24. The van der Waals surface area contributed by atoms with Crippen LogP contribution in [0.15, 0.2) is 74.3 Å². The van der Waals surface area contributed by atoms with Gasteiger partial charge in [-0.05, 0) is 31.2 Å². The lowest BCUT2D eigenvalue weighted by molar-refractivity contribution is 1.26. The molecule has 7 aromatic rings. The Bertz CT molecular complexity index is 1970. The molecule has 0 saturated carbocycles. The van der Waals surface area contributed by atoms with Gasteiger partial charge < -0.3 is 8.80 Å². The standard InChI is InChI=1S/C31H22N2/c1-5-13-23-19(7-3)27-29-20-14-9-11-16-24(20)32-22(8-4)18(6-2)26(30(29)32)28-21-15-10-12-17-25(21)33(23)31(27)28/h5-17H,2-4H2,1H3/b13-5-. The predicted octanol–water partition coefficient (Wildman–Crippen LogP) is 8.64. The number of rotatable bonds is 4. The van der Waals surface area contributed by atoms with Crippen LogP contribution < -0.4 is 0 Å². The van der Waals surface area contributed by atoms with Gasteiger partial charge in [-0.3, -0.25) is 0 Å². The van der Waals surface area contributed by atoms with Crippen LogP contribution in [0.25, 0.3) is 78.7 Å². The van der Waals surface area contributed by atoms with Gasteiger partial charge in [0.15, 0.2) is 0 Å². The summed E-state index contributed by atoms with van der Waals surface area (Å²) >= 11 is 0. The Kier molecular flexibility index (Phi) is 3.40. The number of allylic oxidation sites excluding steroid dienone is 1. The maximum Gasteiger partial charge on any atom is 0.0634 e. The van der Waals surface area contributed by atoms with Crippen LogP contribution in [0.2, 0.25) is 0 Å². The molecule has 4 heterocycles. The van der Waals surface area contributed by atoms with Gasteiger partial charge in [0.25, 0.3) is 0 Å². The van der Waals surface area contributed by atoms with Gasteiger partial charge in [-0.25, -0.2) is 0 Å². The molecule has 2 nitrogen and oxygen atoms in total. The third kappa shape index (κ3) is 1.88. The molecule has 0 N–H and O–H groups in total. The first-order valence-corrected chi connectivity index (χ1v) is 11.3. The van der Waals surface area contributed by atoms with E-state index in [0.717, 1.165) is 11.3 Å². The monoisotopic (exact) mass is 422 g/mol. The predicted molar refractivity (Wildman–Crippen MR) is 146 cm³/mol. The Balaban J connectivity index is 2.02. The Morgan fingerprint density at radius 2 is 1.09 bits per heavy atom. The number of hydrogen-bond donors (Lipinski definition) is 0. The molecule has 0 fully saturated rings. The molecule has 0 aliphatic rings. The average Bonchev–Trinajstić information content (AvgIpc) is 3.55. The minimum atomic E-state index is 1.10. The van der Waals surface area contributed by atoms with Crippen molar-refractivity contribution in [1.82, 2.24) is 8.80 Å². The van der Waals surface area contributed by atoms with E-state index in [0.29, 0.717) is 0 Å². The molecule has 0 aliphatic carbocycles. The van der Waals surface area contributed by atoms with Crippen LogP contribution in [0.3, 0.4) is 0 Å². The number of para-hydroxylation sites is 2. The van der Waals surface area contributed by atoms with E-state index in [1.807, 2.05) is 18.2 Å². The zero-order valence-electron chi connectivity index (χ0n) is 18.5. The van der Waals surface area contributed by atoms with E-state index in [-0.39, 0.29) is 0 Å². The fourth-order valence-corrected chi connectivity index (χ4v) is 6.15. The van der Waals surface area contributed by atoms with Crippen LogP contribution in [0.4, 0.5) is 0 Å². The normalized spacial score (nSPS) is 12.6. The summed E-state index contributed by atoms with van der Waals surface area (Å²) in [6.07, 6.45) is 10.3. The summed E-state index contributed by atoms with van der Waals surface area (Å²) in [5.74, 6) is 0. The summed E-state index contributed by atoms with van der Waals surface area (Å²) in [6, 6.07) is 17.4. The summed E-state index contributed by atoms with van der Waals surface area (Å²) in [5, 5.41) is 7.60. The Morgan fingerprint density at radius 3 is 1.58 bits per heavy atom. The summed E-state index contributed by atoms with van der Waals surface area (Å²) in [4.78, 5) is 0. The van der Waals surface area contributed by atoms with Crippen molar-refractivity contribution in [2.45, 2.75) is 6.92 Å². The van der Waals surface area contributed by atoms with Gasteiger partial charge >= 0.3 is 0 Å². The summed E-state index contributed by atoms with van der Waals surface area (Å²) in [5.41, 5.74) is 9.52. The lowest BCUT2D eigenvalue weighted by atomic mass is 9.96. The zero-order chi connectivity index (χ0) is 22.4. The SMILES string of the molecule is C=Cc1c(C=C)n2c3ccccc3c3c4c(C=C)c(/C=C\C)n5c6ccccc6c(c1c32)c45. The second-order valence-corrected chi connectivity index (χ2v) is 8.61. The van der Waals surface area contributed by atoms with Gasteiger partial charge in [0.05, 0.1) is 33.5 Å². The van der Waals surface area contributed by atoms with Crippen molar-refractivity contribution >= 4 is 78.7 Å². The molecule has 3 aromatic carbocycles. The lowest BCUT2D eigenvalue weighted by Crippen LogP contribution is -1.85. The van der Waals surface area contributed by atoms with E-state index in [4.69, 9.17) is 0 Å². The smallest absolute Gasteiger partial charge is 0.0634 e. The van der Waals surface area contributed by atoms with Crippen LogP contribution >= 0.6 is 0 Å². The van der Waals surface area contributed by atoms with Gasteiger partial charge in [-0.15, -0.1) is 0 Å². The molecular weight excluding hydrogens is 400 g/mol. The molecule has 0 aliphatic heterocycles. The van der Waals surface area contributed by atoms with Crippen molar-refractivity contribution in [3.63, 3.8) is 0 Å².